The van der Waals surface area contributed by atoms with Gasteiger partial charge in [-0.15, -0.1) is 0 Å². The summed E-state index contributed by atoms with van der Waals surface area (Å²) in [5, 5.41) is 12.2. The van der Waals surface area contributed by atoms with Gasteiger partial charge in [-0.3, -0.25) is 0 Å². The highest BCUT2D eigenvalue weighted by atomic mass is 16.3. The van der Waals surface area contributed by atoms with Crippen LogP contribution in [0, 0.1) is 0 Å². The lowest BCUT2D eigenvalue weighted by Crippen LogP contribution is -2.15. The Morgan fingerprint density at radius 3 is 3.09 bits per heavy atom. The third-order valence-corrected chi connectivity index (χ3v) is 2.15. The molecule has 0 aromatic heterocycles. The number of nitrogens with one attached hydrogen (secondary N) is 1. The smallest absolute Gasteiger partial charge is 0.0626 e. The molecule has 11 heavy (non-hydrogen) atoms. The Bertz CT molecular complexity index is 259. The van der Waals surface area contributed by atoms with Crippen molar-refractivity contribution in [1.82, 2.24) is 5.32 Å². The van der Waals surface area contributed by atoms with E-state index in [0.717, 1.165) is 6.54 Å². The van der Waals surface area contributed by atoms with Gasteiger partial charge in [0.25, 0.3) is 0 Å². The average Bonchev–Trinajstić information content (AvgIpc) is 2.47. The normalized spacial score (nSPS) is 21.7. The van der Waals surface area contributed by atoms with E-state index >= 15 is 0 Å². The minimum Gasteiger partial charge on any atom is -0.394 e. The van der Waals surface area contributed by atoms with Crippen molar-refractivity contribution in [1.29, 1.82) is 0 Å². The fourth-order valence-electron chi connectivity index (χ4n) is 1.54. The van der Waals surface area contributed by atoms with Gasteiger partial charge in [0.2, 0.25) is 0 Å². The predicted octanol–water partition coefficient (Wildman–Crippen LogP) is 0.823. The van der Waals surface area contributed by atoms with Gasteiger partial charge in [0.05, 0.1) is 12.6 Å². The summed E-state index contributed by atoms with van der Waals surface area (Å²) in [5.41, 5.74) is 2.56. The predicted molar refractivity (Wildman–Crippen MR) is 43.1 cm³/mol. The van der Waals surface area contributed by atoms with E-state index in [2.05, 4.69) is 17.4 Å². The summed E-state index contributed by atoms with van der Waals surface area (Å²) in [6, 6.07) is 8.36. The van der Waals surface area contributed by atoms with E-state index < -0.39 is 0 Å². The summed E-state index contributed by atoms with van der Waals surface area (Å²) in [5.74, 6) is 0. The number of rotatable bonds is 1. The second-order valence-corrected chi connectivity index (χ2v) is 2.81. The Morgan fingerprint density at radius 1 is 1.45 bits per heavy atom. The fraction of sp³-hybridized carbons (Fsp3) is 0.333. The Morgan fingerprint density at radius 2 is 2.27 bits per heavy atom. The van der Waals surface area contributed by atoms with E-state index in [9.17, 15) is 0 Å². The molecule has 0 unspecified atom stereocenters. The van der Waals surface area contributed by atoms with E-state index in [1.807, 2.05) is 12.1 Å². The summed E-state index contributed by atoms with van der Waals surface area (Å²) in [6.45, 7) is 1.08. The first kappa shape index (κ1) is 6.83. The van der Waals surface area contributed by atoms with Crippen LogP contribution in [0.4, 0.5) is 0 Å². The summed E-state index contributed by atoms with van der Waals surface area (Å²) in [7, 11) is 0. The van der Waals surface area contributed by atoms with Crippen LogP contribution in [0.25, 0.3) is 0 Å². The van der Waals surface area contributed by atoms with E-state index in [1.165, 1.54) is 11.1 Å². The molecule has 0 saturated carbocycles. The second kappa shape index (κ2) is 2.64. The molecule has 0 spiro atoms. The molecule has 2 N–H and O–H groups in total. The molecule has 0 amide bonds. The first-order valence-corrected chi connectivity index (χ1v) is 3.84. The topological polar surface area (TPSA) is 32.3 Å². The first-order valence-electron chi connectivity index (χ1n) is 3.84. The van der Waals surface area contributed by atoms with Gasteiger partial charge >= 0.3 is 0 Å². The maximum atomic E-state index is 8.95. The molecule has 2 heteroatoms. The van der Waals surface area contributed by atoms with E-state index in [4.69, 9.17) is 5.11 Å². The monoisotopic (exact) mass is 149 g/mol. The molecule has 2 nitrogen and oxygen atoms in total. The van der Waals surface area contributed by atoms with Crippen molar-refractivity contribution < 1.29 is 5.11 Å². The van der Waals surface area contributed by atoms with Crippen molar-refractivity contribution in [2.24, 2.45) is 0 Å². The Labute approximate surface area is 65.9 Å². The maximum absolute atomic E-state index is 8.95. The highest BCUT2D eigenvalue weighted by Gasteiger charge is 2.19. The second-order valence-electron chi connectivity index (χ2n) is 2.81. The van der Waals surface area contributed by atoms with Crippen LogP contribution in [0.1, 0.15) is 17.2 Å². The number of hydrogen-bond acceptors (Lipinski definition) is 2. The van der Waals surface area contributed by atoms with Crippen LogP contribution in [0.15, 0.2) is 24.3 Å². The zero-order valence-electron chi connectivity index (χ0n) is 6.25. The molecule has 1 heterocycles. The van der Waals surface area contributed by atoms with E-state index in [-0.39, 0.29) is 12.6 Å². The lowest BCUT2D eigenvalue weighted by atomic mass is 10.1. The Hall–Kier alpha value is -0.860. The molecule has 0 saturated heterocycles. The summed E-state index contributed by atoms with van der Waals surface area (Å²) >= 11 is 0. The summed E-state index contributed by atoms with van der Waals surface area (Å²) < 4.78 is 0. The third kappa shape index (κ3) is 1.04. The van der Waals surface area contributed by atoms with Crippen LogP contribution >= 0.6 is 0 Å². The zero-order chi connectivity index (χ0) is 7.68. The summed E-state index contributed by atoms with van der Waals surface area (Å²) in [6.07, 6.45) is 0. The van der Waals surface area contributed by atoms with Crippen molar-refractivity contribution in [2.75, 3.05) is 6.61 Å². The van der Waals surface area contributed by atoms with Crippen molar-refractivity contribution in [3.05, 3.63) is 35.4 Å². The highest BCUT2D eigenvalue weighted by Crippen LogP contribution is 2.23. The molecular formula is C9H11NO. The van der Waals surface area contributed by atoms with Gasteiger partial charge in [-0.2, -0.15) is 0 Å². The molecule has 1 aromatic rings. The maximum Gasteiger partial charge on any atom is 0.0626 e. The van der Waals surface area contributed by atoms with Crippen LogP contribution in [-0.2, 0) is 6.54 Å². The van der Waals surface area contributed by atoms with E-state index in [0.29, 0.717) is 0 Å². The Kier molecular flexibility index (Phi) is 1.64. The largest absolute Gasteiger partial charge is 0.394 e. The summed E-state index contributed by atoms with van der Waals surface area (Å²) in [4.78, 5) is 0. The van der Waals surface area contributed by atoms with Crippen molar-refractivity contribution in [2.45, 2.75) is 12.6 Å². The van der Waals surface area contributed by atoms with Gasteiger partial charge in [0.1, 0.15) is 0 Å². The molecular weight excluding hydrogens is 138 g/mol. The van der Waals surface area contributed by atoms with Gasteiger partial charge in [-0.05, 0) is 11.1 Å². The number of aliphatic hydroxyl groups is 1. The molecule has 0 fully saturated rings. The quantitative estimate of drug-likeness (QED) is 0.619. The SMILES string of the molecule is OC[C@@H]1NCc2ccccc21. The van der Waals surface area contributed by atoms with Crippen LogP contribution in [0.5, 0.6) is 0 Å². The molecule has 0 bridgehead atoms. The highest BCUT2D eigenvalue weighted by molar-refractivity contribution is 5.33. The van der Waals surface area contributed by atoms with Crippen LogP contribution in [-0.4, -0.2) is 11.7 Å². The lowest BCUT2D eigenvalue weighted by molar-refractivity contribution is 0.251. The average molecular weight is 149 g/mol. The molecule has 2 rings (SSSR count). The number of fused-ring (bicyclic) bond motifs is 1. The van der Waals surface area contributed by atoms with Crippen molar-refractivity contribution >= 4 is 0 Å². The van der Waals surface area contributed by atoms with Crippen molar-refractivity contribution in [3.8, 4) is 0 Å². The molecule has 0 aliphatic carbocycles. The minimum absolute atomic E-state index is 0.159. The molecule has 1 aliphatic rings. The first-order chi connectivity index (χ1) is 5.42. The van der Waals surface area contributed by atoms with Crippen LogP contribution < -0.4 is 5.32 Å². The van der Waals surface area contributed by atoms with E-state index in [1.54, 1.807) is 0 Å². The van der Waals surface area contributed by atoms with Gasteiger partial charge in [0, 0.05) is 6.54 Å². The molecule has 1 atom stereocenters. The lowest BCUT2D eigenvalue weighted by Gasteiger charge is -2.06. The number of aliphatic hydroxyl groups excluding tert-OH is 1. The zero-order valence-corrected chi connectivity index (χ0v) is 6.25. The fourth-order valence-corrected chi connectivity index (χ4v) is 1.54. The number of hydrogen-bond donors (Lipinski definition) is 2. The van der Waals surface area contributed by atoms with Gasteiger partial charge < -0.3 is 10.4 Å². The van der Waals surface area contributed by atoms with Gasteiger partial charge in [-0.25, -0.2) is 0 Å². The van der Waals surface area contributed by atoms with Crippen molar-refractivity contribution in [3.63, 3.8) is 0 Å². The molecule has 1 aliphatic heterocycles. The van der Waals surface area contributed by atoms with Gasteiger partial charge in [-0.1, -0.05) is 24.3 Å². The standard InChI is InChI=1S/C9H11NO/c11-6-9-8-4-2-1-3-7(8)5-10-9/h1-4,9-11H,5-6H2/t9-/m0/s1. The Balaban J connectivity index is 2.39. The van der Waals surface area contributed by atoms with Crippen LogP contribution in [0.2, 0.25) is 0 Å². The van der Waals surface area contributed by atoms with Gasteiger partial charge in [0.15, 0.2) is 0 Å². The molecule has 0 radical (unpaired) electrons. The number of benzene rings is 1. The van der Waals surface area contributed by atoms with Crippen LogP contribution in [0.3, 0.4) is 0 Å². The minimum atomic E-state index is 0.159. The molecule has 1 aromatic carbocycles. The third-order valence-electron chi connectivity index (χ3n) is 2.15. The molecule has 58 valence electrons.